The van der Waals surface area contributed by atoms with Gasteiger partial charge >= 0.3 is 12.2 Å². The van der Waals surface area contributed by atoms with Crippen molar-refractivity contribution in [2.24, 2.45) is 0 Å². The molecule has 4 aromatic rings. The van der Waals surface area contributed by atoms with Gasteiger partial charge in [-0.1, -0.05) is 6.07 Å². The van der Waals surface area contributed by atoms with Crippen LogP contribution in [0.4, 0.5) is 33.7 Å². The maximum absolute atomic E-state index is 14.0. The summed E-state index contributed by atoms with van der Waals surface area (Å²) in [5, 5.41) is 4.65. The zero-order valence-electron chi connectivity index (χ0n) is 16.2. The predicted molar refractivity (Wildman–Crippen MR) is 110 cm³/mol. The second-order valence-electron chi connectivity index (χ2n) is 6.64. The third-order valence-corrected chi connectivity index (χ3v) is 4.25. The standard InChI is InChI=1S/C22H14F4N4O2/c23-14-9-16(30-21(31)29-15-3-1-2-13(8-15)22(24,25)26)11-18(10-14)32-17-4-5-19-20(12-17)28-7-6-27-19/h1-12H,(H2,29,30,31). The molecule has 162 valence electrons. The summed E-state index contributed by atoms with van der Waals surface area (Å²) >= 11 is 0. The summed E-state index contributed by atoms with van der Waals surface area (Å²) in [6.45, 7) is 0. The van der Waals surface area contributed by atoms with Crippen molar-refractivity contribution >= 4 is 28.4 Å². The van der Waals surface area contributed by atoms with Gasteiger partial charge in [0.15, 0.2) is 0 Å². The molecular weight excluding hydrogens is 428 g/mol. The van der Waals surface area contributed by atoms with Gasteiger partial charge in [-0.2, -0.15) is 13.2 Å². The number of rotatable bonds is 4. The zero-order valence-corrected chi connectivity index (χ0v) is 16.2. The van der Waals surface area contributed by atoms with Gasteiger partial charge in [-0.3, -0.25) is 9.97 Å². The number of fused-ring (bicyclic) bond motifs is 1. The first kappa shape index (κ1) is 21.0. The molecule has 0 saturated heterocycles. The van der Waals surface area contributed by atoms with Crippen LogP contribution in [0.1, 0.15) is 5.56 Å². The Morgan fingerprint density at radius 2 is 1.56 bits per heavy atom. The number of nitrogens with zero attached hydrogens (tertiary/aromatic N) is 2. The minimum absolute atomic E-state index is 0.0463. The highest BCUT2D eigenvalue weighted by Crippen LogP contribution is 2.31. The number of alkyl halides is 3. The molecular formula is C22H14F4N4O2. The maximum atomic E-state index is 14.0. The topological polar surface area (TPSA) is 76.1 Å². The first-order chi connectivity index (χ1) is 15.3. The second-order valence-corrected chi connectivity index (χ2v) is 6.64. The minimum atomic E-state index is -4.54. The van der Waals surface area contributed by atoms with Crippen LogP contribution in [-0.2, 0) is 6.18 Å². The summed E-state index contributed by atoms with van der Waals surface area (Å²) in [6.07, 6.45) is -1.46. The van der Waals surface area contributed by atoms with E-state index < -0.39 is 23.6 Å². The molecule has 0 spiro atoms. The highest BCUT2D eigenvalue weighted by molar-refractivity contribution is 5.99. The molecule has 0 atom stereocenters. The molecule has 1 aromatic heterocycles. The lowest BCUT2D eigenvalue weighted by molar-refractivity contribution is -0.137. The molecule has 0 saturated carbocycles. The Kier molecular flexibility index (Phi) is 5.59. The monoisotopic (exact) mass is 442 g/mol. The Hall–Kier alpha value is -4.21. The van der Waals surface area contributed by atoms with Crippen molar-refractivity contribution in [2.45, 2.75) is 6.18 Å². The van der Waals surface area contributed by atoms with Crippen molar-refractivity contribution in [2.75, 3.05) is 10.6 Å². The van der Waals surface area contributed by atoms with E-state index in [0.29, 0.717) is 16.8 Å². The minimum Gasteiger partial charge on any atom is -0.457 e. The van der Waals surface area contributed by atoms with E-state index in [2.05, 4.69) is 20.6 Å². The lowest BCUT2D eigenvalue weighted by atomic mass is 10.2. The van der Waals surface area contributed by atoms with E-state index in [-0.39, 0.29) is 17.1 Å². The number of aromatic nitrogens is 2. The fourth-order valence-corrected chi connectivity index (χ4v) is 2.90. The molecule has 0 aliphatic carbocycles. The molecule has 1 heterocycles. The molecule has 4 rings (SSSR count). The average Bonchev–Trinajstić information content (AvgIpc) is 2.72. The van der Waals surface area contributed by atoms with Crippen LogP contribution >= 0.6 is 0 Å². The average molecular weight is 442 g/mol. The van der Waals surface area contributed by atoms with Crippen LogP contribution in [0.25, 0.3) is 11.0 Å². The third kappa shape index (κ3) is 5.09. The quantitative estimate of drug-likeness (QED) is 0.368. The number of ether oxygens (including phenoxy) is 1. The van der Waals surface area contributed by atoms with Gasteiger partial charge in [-0.15, -0.1) is 0 Å². The zero-order chi connectivity index (χ0) is 22.7. The first-order valence-corrected chi connectivity index (χ1v) is 9.21. The largest absolute Gasteiger partial charge is 0.457 e. The SMILES string of the molecule is O=C(Nc1cc(F)cc(Oc2ccc3nccnc3c2)c1)Nc1cccc(C(F)(F)F)c1. The Labute approximate surface area is 178 Å². The van der Waals surface area contributed by atoms with E-state index in [1.54, 1.807) is 24.4 Å². The molecule has 0 radical (unpaired) electrons. The lowest BCUT2D eigenvalue weighted by Crippen LogP contribution is -2.20. The maximum Gasteiger partial charge on any atom is 0.416 e. The second kappa shape index (κ2) is 8.50. The molecule has 0 unspecified atom stereocenters. The van der Waals surface area contributed by atoms with Crippen molar-refractivity contribution < 1.29 is 27.1 Å². The number of hydrogen-bond acceptors (Lipinski definition) is 4. The van der Waals surface area contributed by atoms with E-state index in [4.69, 9.17) is 4.74 Å². The van der Waals surface area contributed by atoms with Gasteiger partial charge < -0.3 is 15.4 Å². The molecule has 0 fully saturated rings. The van der Waals surface area contributed by atoms with E-state index in [0.717, 1.165) is 24.3 Å². The van der Waals surface area contributed by atoms with Crippen molar-refractivity contribution in [3.05, 3.63) is 84.4 Å². The van der Waals surface area contributed by atoms with Crippen LogP contribution in [0, 0.1) is 5.82 Å². The molecule has 10 heteroatoms. The van der Waals surface area contributed by atoms with Gasteiger partial charge in [0.05, 0.1) is 16.6 Å². The van der Waals surface area contributed by atoms with Gasteiger partial charge in [-0.25, -0.2) is 9.18 Å². The first-order valence-electron chi connectivity index (χ1n) is 9.21. The van der Waals surface area contributed by atoms with Gasteiger partial charge in [0.1, 0.15) is 17.3 Å². The highest BCUT2D eigenvalue weighted by Gasteiger charge is 2.30. The number of carbonyl (C=O) groups is 1. The number of halogens is 4. The summed E-state index contributed by atoms with van der Waals surface area (Å²) in [5.41, 5.74) is 0.317. The fraction of sp³-hybridized carbons (Fsp3) is 0.0455. The Bertz CT molecular complexity index is 1290. The van der Waals surface area contributed by atoms with E-state index in [1.165, 1.54) is 24.4 Å². The molecule has 3 aromatic carbocycles. The third-order valence-electron chi connectivity index (χ3n) is 4.25. The summed E-state index contributed by atoms with van der Waals surface area (Å²) in [4.78, 5) is 20.5. The number of nitrogens with one attached hydrogen (secondary N) is 2. The van der Waals surface area contributed by atoms with Gasteiger partial charge in [-0.05, 0) is 36.4 Å². The number of urea groups is 1. The van der Waals surface area contributed by atoms with Crippen molar-refractivity contribution in [3.8, 4) is 11.5 Å². The molecule has 2 amide bonds. The van der Waals surface area contributed by atoms with E-state index in [1.807, 2.05) is 0 Å². The van der Waals surface area contributed by atoms with Crippen molar-refractivity contribution in [3.63, 3.8) is 0 Å². The number of benzene rings is 3. The van der Waals surface area contributed by atoms with Crippen LogP contribution < -0.4 is 15.4 Å². The summed E-state index contributed by atoms with van der Waals surface area (Å²) in [5.74, 6) is -0.206. The molecule has 32 heavy (non-hydrogen) atoms. The predicted octanol–water partition coefficient (Wildman–Crippen LogP) is 6.22. The fourth-order valence-electron chi connectivity index (χ4n) is 2.90. The van der Waals surface area contributed by atoms with Crippen LogP contribution in [0.15, 0.2) is 73.1 Å². The number of carbonyl (C=O) groups excluding carboxylic acids is 1. The van der Waals surface area contributed by atoms with Crippen LogP contribution in [0.2, 0.25) is 0 Å². The summed E-state index contributed by atoms with van der Waals surface area (Å²) in [6, 6.07) is 11.8. The van der Waals surface area contributed by atoms with Gasteiger partial charge in [0, 0.05) is 42.0 Å². The van der Waals surface area contributed by atoms with Crippen molar-refractivity contribution in [1.82, 2.24) is 9.97 Å². The Balaban J connectivity index is 1.48. The molecule has 0 bridgehead atoms. The van der Waals surface area contributed by atoms with Crippen molar-refractivity contribution in [1.29, 1.82) is 0 Å². The van der Waals surface area contributed by atoms with Crippen LogP contribution in [0.5, 0.6) is 11.5 Å². The van der Waals surface area contributed by atoms with Crippen LogP contribution in [-0.4, -0.2) is 16.0 Å². The number of anilines is 2. The number of hydrogen-bond donors (Lipinski definition) is 2. The van der Waals surface area contributed by atoms with Crippen LogP contribution in [0.3, 0.4) is 0 Å². The normalized spacial score (nSPS) is 11.2. The highest BCUT2D eigenvalue weighted by atomic mass is 19.4. The number of amides is 2. The summed E-state index contributed by atoms with van der Waals surface area (Å²) < 4.78 is 58.1. The lowest BCUT2D eigenvalue weighted by Gasteiger charge is -2.12. The smallest absolute Gasteiger partial charge is 0.416 e. The molecule has 0 aliphatic heterocycles. The summed E-state index contributed by atoms with van der Waals surface area (Å²) in [7, 11) is 0. The molecule has 2 N–H and O–H groups in total. The van der Waals surface area contributed by atoms with E-state index in [9.17, 15) is 22.4 Å². The Morgan fingerprint density at radius 3 is 2.34 bits per heavy atom. The van der Waals surface area contributed by atoms with Gasteiger partial charge in [0.2, 0.25) is 0 Å². The Morgan fingerprint density at radius 1 is 0.812 bits per heavy atom. The molecule has 6 nitrogen and oxygen atoms in total. The van der Waals surface area contributed by atoms with Gasteiger partial charge in [0.25, 0.3) is 0 Å². The molecule has 0 aliphatic rings. The van der Waals surface area contributed by atoms with E-state index >= 15 is 0 Å².